The molecular formula is C10H13N3O. The second-order valence-corrected chi connectivity index (χ2v) is 3.80. The lowest BCUT2D eigenvalue weighted by Crippen LogP contribution is -2.28. The normalized spacial score (nSPS) is 11.9. The Labute approximate surface area is 82.6 Å². The van der Waals surface area contributed by atoms with E-state index >= 15 is 0 Å². The SMILES string of the molecule is Cc1coc(C(C)(C)n2cccn2)n1. The van der Waals surface area contributed by atoms with Crippen molar-refractivity contribution in [3.8, 4) is 0 Å². The van der Waals surface area contributed by atoms with E-state index in [1.165, 1.54) is 0 Å². The quantitative estimate of drug-likeness (QED) is 0.728. The van der Waals surface area contributed by atoms with Gasteiger partial charge in [-0.3, -0.25) is 4.68 Å². The lowest BCUT2D eigenvalue weighted by atomic mass is 10.1. The highest BCUT2D eigenvalue weighted by Crippen LogP contribution is 2.23. The molecule has 0 N–H and O–H groups in total. The smallest absolute Gasteiger partial charge is 0.221 e. The van der Waals surface area contributed by atoms with E-state index in [9.17, 15) is 0 Å². The van der Waals surface area contributed by atoms with E-state index in [2.05, 4.69) is 10.1 Å². The summed E-state index contributed by atoms with van der Waals surface area (Å²) in [6.45, 7) is 5.95. The van der Waals surface area contributed by atoms with E-state index in [0.29, 0.717) is 5.89 Å². The summed E-state index contributed by atoms with van der Waals surface area (Å²) in [6, 6.07) is 1.89. The minimum atomic E-state index is -0.336. The van der Waals surface area contributed by atoms with Crippen LogP contribution in [-0.4, -0.2) is 14.8 Å². The van der Waals surface area contributed by atoms with Gasteiger partial charge in [0.05, 0.1) is 5.69 Å². The molecule has 2 aromatic rings. The lowest BCUT2D eigenvalue weighted by molar-refractivity contribution is 0.298. The third kappa shape index (κ3) is 1.32. The summed E-state index contributed by atoms with van der Waals surface area (Å²) >= 11 is 0. The standard InChI is InChI=1S/C10H13N3O/c1-8-7-14-9(12-8)10(2,3)13-6-4-5-11-13/h4-7H,1-3H3. The highest BCUT2D eigenvalue weighted by atomic mass is 16.3. The van der Waals surface area contributed by atoms with Gasteiger partial charge < -0.3 is 4.42 Å². The summed E-state index contributed by atoms with van der Waals surface area (Å²) in [5.41, 5.74) is 0.554. The van der Waals surface area contributed by atoms with Crippen LogP contribution in [0.1, 0.15) is 25.4 Å². The third-order valence-corrected chi connectivity index (χ3v) is 2.22. The summed E-state index contributed by atoms with van der Waals surface area (Å²) in [4.78, 5) is 4.31. The van der Waals surface area contributed by atoms with E-state index in [-0.39, 0.29) is 5.54 Å². The summed E-state index contributed by atoms with van der Waals surface area (Å²) in [6.07, 6.45) is 5.30. The lowest BCUT2D eigenvalue weighted by Gasteiger charge is -2.21. The summed E-state index contributed by atoms with van der Waals surface area (Å²) in [5, 5.41) is 4.19. The Morgan fingerprint density at radius 2 is 2.21 bits per heavy atom. The zero-order chi connectivity index (χ0) is 10.2. The van der Waals surface area contributed by atoms with E-state index in [4.69, 9.17) is 4.42 Å². The molecule has 74 valence electrons. The monoisotopic (exact) mass is 191 g/mol. The molecule has 14 heavy (non-hydrogen) atoms. The first-order valence-electron chi connectivity index (χ1n) is 4.53. The van der Waals surface area contributed by atoms with E-state index < -0.39 is 0 Å². The summed E-state index contributed by atoms with van der Waals surface area (Å²) in [7, 11) is 0. The van der Waals surface area contributed by atoms with Crippen LogP contribution in [0.4, 0.5) is 0 Å². The Morgan fingerprint density at radius 1 is 1.43 bits per heavy atom. The van der Waals surface area contributed by atoms with Crippen LogP contribution in [-0.2, 0) is 5.54 Å². The maximum absolute atomic E-state index is 5.38. The summed E-state index contributed by atoms with van der Waals surface area (Å²) < 4.78 is 7.21. The van der Waals surface area contributed by atoms with Crippen LogP contribution >= 0.6 is 0 Å². The van der Waals surface area contributed by atoms with Crippen LogP contribution in [0.2, 0.25) is 0 Å². The molecule has 0 bridgehead atoms. The van der Waals surface area contributed by atoms with Crippen molar-refractivity contribution in [3.05, 3.63) is 36.3 Å². The molecule has 0 aliphatic carbocycles. The van der Waals surface area contributed by atoms with Crippen molar-refractivity contribution in [2.75, 3.05) is 0 Å². The first kappa shape index (κ1) is 8.99. The second-order valence-electron chi connectivity index (χ2n) is 3.80. The fraction of sp³-hybridized carbons (Fsp3) is 0.400. The van der Waals surface area contributed by atoms with Gasteiger partial charge in [-0.2, -0.15) is 5.10 Å². The Bertz CT molecular complexity index is 414. The topological polar surface area (TPSA) is 43.9 Å². The van der Waals surface area contributed by atoms with Crippen molar-refractivity contribution in [1.29, 1.82) is 0 Å². The van der Waals surface area contributed by atoms with Gasteiger partial charge in [0.15, 0.2) is 0 Å². The summed E-state index contributed by atoms with van der Waals surface area (Å²) in [5.74, 6) is 0.679. The third-order valence-electron chi connectivity index (χ3n) is 2.22. The van der Waals surface area contributed by atoms with Crippen LogP contribution in [0.15, 0.2) is 29.1 Å². The number of aromatic nitrogens is 3. The number of nitrogens with zero attached hydrogens (tertiary/aromatic N) is 3. The highest BCUT2D eigenvalue weighted by molar-refractivity contribution is 5.05. The van der Waals surface area contributed by atoms with Gasteiger partial charge in [0.2, 0.25) is 5.89 Å². The molecule has 0 radical (unpaired) electrons. The highest BCUT2D eigenvalue weighted by Gasteiger charge is 2.28. The Kier molecular flexibility index (Phi) is 1.91. The fourth-order valence-corrected chi connectivity index (χ4v) is 1.33. The zero-order valence-electron chi connectivity index (χ0n) is 8.56. The van der Waals surface area contributed by atoms with E-state index in [0.717, 1.165) is 5.69 Å². The molecular weight excluding hydrogens is 178 g/mol. The molecule has 0 saturated heterocycles. The zero-order valence-corrected chi connectivity index (χ0v) is 8.56. The van der Waals surface area contributed by atoms with Gasteiger partial charge in [-0.25, -0.2) is 4.98 Å². The predicted octanol–water partition coefficient (Wildman–Crippen LogP) is 1.96. The second kappa shape index (κ2) is 2.97. The number of rotatable bonds is 2. The van der Waals surface area contributed by atoms with Crippen molar-refractivity contribution >= 4 is 0 Å². The van der Waals surface area contributed by atoms with Crippen molar-refractivity contribution in [2.24, 2.45) is 0 Å². The number of hydrogen-bond acceptors (Lipinski definition) is 3. The van der Waals surface area contributed by atoms with Crippen molar-refractivity contribution in [1.82, 2.24) is 14.8 Å². The van der Waals surface area contributed by atoms with Gasteiger partial charge in [-0.05, 0) is 26.8 Å². The Balaban J connectivity index is 2.42. The molecule has 2 rings (SSSR count). The van der Waals surface area contributed by atoms with Gasteiger partial charge in [-0.15, -0.1) is 0 Å². The maximum Gasteiger partial charge on any atom is 0.221 e. The van der Waals surface area contributed by atoms with E-state index in [1.807, 2.05) is 37.7 Å². The number of oxazole rings is 1. The molecule has 2 heterocycles. The molecule has 4 heteroatoms. The molecule has 0 aliphatic heterocycles. The molecule has 0 aliphatic rings. The minimum Gasteiger partial charge on any atom is -0.446 e. The molecule has 0 unspecified atom stereocenters. The van der Waals surface area contributed by atoms with Gasteiger partial charge in [0.1, 0.15) is 11.8 Å². The molecule has 0 saturated carbocycles. The molecule has 0 fully saturated rings. The Hall–Kier alpha value is -1.58. The molecule has 0 atom stereocenters. The van der Waals surface area contributed by atoms with Crippen molar-refractivity contribution in [2.45, 2.75) is 26.3 Å². The first-order chi connectivity index (χ1) is 6.60. The van der Waals surface area contributed by atoms with E-state index in [1.54, 1.807) is 12.5 Å². The molecule has 0 aromatic carbocycles. The average molecular weight is 191 g/mol. The maximum atomic E-state index is 5.38. The van der Waals surface area contributed by atoms with Crippen LogP contribution in [0.25, 0.3) is 0 Å². The van der Waals surface area contributed by atoms with Crippen LogP contribution in [0, 0.1) is 6.92 Å². The average Bonchev–Trinajstić information content (AvgIpc) is 2.72. The largest absolute Gasteiger partial charge is 0.446 e. The molecule has 0 amide bonds. The first-order valence-corrected chi connectivity index (χ1v) is 4.53. The molecule has 4 nitrogen and oxygen atoms in total. The molecule has 0 spiro atoms. The van der Waals surface area contributed by atoms with Gasteiger partial charge >= 0.3 is 0 Å². The predicted molar refractivity (Wildman–Crippen MR) is 51.9 cm³/mol. The number of aryl methyl sites for hydroxylation is 1. The van der Waals surface area contributed by atoms with Crippen LogP contribution in [0.3, 0.4) is 0 Å². The Morgan fingerprint density at radius 3 is 2.71 bits per heavy atom. The van der Waals surface area contributed by atoms with Crippen LogP contribution in [0.5, 0.6) is 0 Å². The van der Waals surface area contributed by atoms with Crippen molar-refractivity contribution in [3.63, 3.8) is 0 Å². The minimum absolute atomic E-state index is 0.336. The van der Waals surface area contributed by atoms with Gasteiger partial charge in [-0.1, -0.05) is 0 Å². The van der Waals surface area contributed by atoms with Gasteiger partial charge in [0, 0.05) is 12.4 Å². The van der Waals surface area contributed by atoms with Crippen molar-refractivity contribution < 1.29 is 4.42 Å². The number of hydrogen-bond donors (Lipinski definition) is 0. The van der Waals surface area contributed by atoms with Crippen LogP contribution < -0.4 is 0 Å². The molecule has 2 aromatic heterocycles. The fourth-order valence-electron chi connectivity index (χ4n) is 1.33. The van der Waals surface area contributed by atoms with Gasteiger partial charge in [0.25, 0.3) is 0 Å².